The number of carbonyl (C=O) groups is 1. The minimum atomic E-state index is -4.23. The van der Waals surface area contributed by atoms with E-state index in [-0.39, 0.29) is 22.2 Å². The van der Waals surface area contributed by atoms with E-state index >= 15 is 0 Å². The van der Waals surface area contributed by atoms with Crippen LogP contribution in [0.25, 0.3) is 10.2 Å². The Labute approximate surface area is 182 Å². The number of amides is 1. The summed E-state index contributed by atoms with van der Waals surface area (Å²) in [5.41, 5.74) is 0.501. The molecule has 2 spiro atoms. The number of halogens is 3. The van der Waals surface area contributed by atoms with Gasteiger partial charge in [-0.3, -0.25) is 9.69 Å². The highest BCUT2D eigenvalue weighted by Crippen LogP contribution is 2.55. The zero-order chi connectivity index (χ0) is 21.6. The van der Waals surface area contributed by atoms with Crippen LogP contribution in [0.3, 0.4) is 0 Å². The number of hydrogen-bond donors (Lipinski definition) is 0. The van der Waals surface area contributed by atoms with Crippen LogP contribution >= 0.6 is 11.3 Å². The third-order valence-corrected chi connectivity index (χ3v) is 8.48. The normalized spacial score (nSPS) is 26.5. The zero-order valence-corrected chi connectivity index (χ0v) is 18.1. The molecule has 0 bridgehead atoms. The molecule has 2 aromatic heterocycles. The number of rotatable bonds is 3. The minimum absolute atomic E-state index is 0.0235. The number of likely N-dealkylation sites (N-methyl/N-ethyl adjacent to an activating group) is 1. The molecule has 3 aliphatic heterocycles. The maximum Gasteiger partial charge on any atom is 0.393 e. The molecule has 6 rings (SSSR count). The molecule has 1 aliphatic carbocycles. The molecule has 1 amide bonds. The molecular weight excluding hydrogens is 427 g/mol. The van der Waals surface area contributed by atoms with E-state index in [9.17, 15) is 18.0 Å². The Kier molecular flexibility index (Phi) is 4.02. The summed E-state index contributed by atoms with van der Waals surface area (Å²) in [4.78, 5) is 28.7. The fourth-order valence-electron chi connectivity index (χ4n) is 5.76. The van der Waals surface area contributed by atoms with Gasteiger partial charge in [0.15, 0.2) is 0 Å². The maximum atomic E-state index is 13.0. The van der Waals surface area contributed by atoms with Crippen LogP contribution in [0.1, 0.15) is 24.1 Å². The smallest absolute Gasteiger partial charge is 0.354 e. The number of carbonyl (C=O) groups excluding carboxylic acids is 1. The third kappa shape index (κ3) is 3.29. The molecule has 0 N–H and O–H groups in total. The molecule has 0 unspecified atom stereocenters. The van der Waals surface area contributed by atoms with Crippen molar-refractivity contribution in [2.75, 3.05) is 44.7 Å². The number of hydrogen-bond acceptors (Lipinski definition) is 6. The molecule has 1 saturated carbocycles. The van der Waals surface area contributed by atoms with Gasteiger partial charge in [-0.1, -0.05) is 0 Å². The monoisotopic (exact) mass is 451 g/mol. The van der Waals surface area contributed by atoms with Crippen LogP contribution in [-0.4, -0.2) is 77.7 Å². The highest BCUT2D eigenvalue weighted by atomic mass is 32.1. The minimum Gasteiger partial charge on any atom is -0.354 e. The van der Waals surface area contributed by atoms with Gasteiger partial charge in [-0.25, -0.2) is 9.97 Å². The summed E-state index contributed by atoms with van der Waals surface area (Å²) in [6.45, 7) is 4.11. The van der Waals surface area contributed by atoms with Crippen LogP contribution in [0.5, 0.6) is 0 Å². The second kappa shape index (κ2) is 6.31. The van der Waals surface area contributed by atoms with Crippen molar-refractivity contribution < 1.29 is 18.0 Å². The quantitative estimate of drug-likeness (QED) is 0.718. The lowest BCUT2D eigenvalue weighted by Crippen LogP contribution is -2.74. The van der Waals surface area contributed by atoms with Crippen LogP contribution < -0.4 is 4.90 Å². The van der Waals surface area contributed by atoms with Gasteiger partial charge in [0.05, 0.1) is 17.8 Å². The van der Waals surface area contributed by atoms with Gasteiger partial charge in [-0.05, 0) is 37.8 Å². The van der Waals surface area contributed by atoms with Gasteiger partial charge >= 0.3 is 6.18 Å². The van der Waals surface area contributed by atoms with Crippen LogP contribution in [0.15, 0.2) is 12.4 Å². The summed E-state index contributed by atoms with van der Waals surface area (Å²) in [5.74, 6) is 0.964. The Balaban J connectivity index is 1.10. The van der Waals surface area contributed by atoms with E-state index in [2.05, 4.69) is 26.8 Å². The van der Waals surface area contributed by atoms with Crippen molar-refractivity contribution in [2.45, 2.75) is 37.9 Å². The van der Waals surface area contributed by atoms with Crippen LogP contribution in [0.4, 0.5) is 19.0 Å². The van der Waals surface area contributed by atoms with Gasteiger partial charge in [-0.2, -0.15) is 13.2 Å². The topological polar surface area (TPSA) is 52.6 Å². The van der Waals surface area contributed by atoms with E-state index in [0.29, 0.717) is 21.4 Å². The Morgan fingerprint density at radius 1 is 1.16 bits per heavy atom. The first kappa shape index (κ1) is 19.7. The summed E-state index contributed by atoms with van der Waals surface area (Å²) in [6, 6.07) is 1.60. The standard InChI is InChI=1S/C21H24F3N5OS/c1-27-7-19(2-3-19)6-15(27)18(30)29-10-20(11-29)8-28(9-20)16-14-4-13(5-21(22,23)24)31-17(14)26-12-25-16/h4,12,15H,2-3,5-11H2,1H3/t15-/m0/s1. The predicted molar refractivity (Wildman–Crippen MR) is 111 cm³/mol. The summed E-state index contributed by atoms with van der Waals surface area (Å²) < 4.78 is 38.3. The fraction of sp³-hybridized carbons (Fsp3) is 0.667. The maximum absolute atomic E-state index is 13.0. The number of thiophene rings is 1. The van der Waals surface area contributed by atoms with Crippen molar-refractivity contribution in [1.82, 2.24) is 19.8 Å². The highest BCUT2D eigenvalue weighted by Gasteiger charge is 2.58. The molecule has 166 valence electrons. The SMILES string of the molecule is CN1CC2(CC2)C[C@H]1C(=O)N1CC2(C1)CN(c1ncnc3sc(CC(F)(F)F)cc13)C2. The van der Waals surface area contributed by atoms with E-state index in [1.807, 2.05) is 4.90 Å². The Morgan fingerprint density at radius 2 is 1.90 bits per heavy atom. The van der Waals surface area contributed by atoms with Gasteiger partial charge in [0, 0.05) is 43.0 Å². The molecule has 5 heterocycles. The fourth-order valence-corrected chi connectivity index (χ4v) is 6.78. The number of anilines is 1. The second-order valence-corrected chi connectivity index (χ2v) is 11.2. The highest BCUT2D eigenvalue weighted by molar-refractivity contribution is 7.18. The lowest BCUT2D eigenvalue weighted by molar-refractivity contribution is -0.149. The van der Waals surface area contributed by atoms with E-state index in [4.69, 9.17) is 0 Å². The van der Waals surface area contributed by atoms with Crippen LogP contribution in [0, 0.1) is 10.8 Å². The lowest BCUT2D eigenvalue weighted by atomic mass is 9.72. The van der Waals surface area contributed by atoms with Gasteiger partial charge in [0.25, 0.3) is 0 Å². The van der Waals surface area contributed by atoms with Crippen molar-refractivity contribution in [3.8, 4) is 0 Å². The largest absolute Gasteiger partial charge is 0.393 e. The molecule has 10 heteroatoms. The number of fused-ring (bicyclic) bond motifs is 1. The zero-order valence-electron chi connectivity index (χ0n) is 17.3. The molecule has 4 fully saturated rings. The second-order valence-electron chi connectivity index (χ2n) is 10.1. The van der Waals surface area contributed by atoms with Gasteiger partial charge in [-0.15, -0.1) is 11.3 Å². The first-order valence-corrected chi connectivity index (χ1v) is 11.5. The third-order valence-electron chi connectivity index (χ3n) is 7.44. The van der Waals surface area contributed by atoms with Crippen molar-refractivity contribution in [1.29, 1.82) is 0 Å². The molecule has 3 saturated heterocycles. The summed E-state index contributed by atoms with van der Waals surface area (Å²) >= 11 is 1.08. The summed E-state index contributed by atoms with van der Waals surface area (Å²) in [5, 5.41) is 0.691. The number of aromatic nitrogens is 2. The van der Waals surface area contributed by atoms with Gasteiger partial charge in [0.2, 0.25) is 5.91 Å². The average molecular weight is 452 g/mol. The van der Waals surface area contributed by atoms with E-state index in [0.717, 1.165) is 50.5 Å². The van der Waals surface area contributed by atoms with Crippen molar-refractivity contribution in [3.63, 3.8) is 0 Å². The van der Waals surface area contributed by atoms with Crippen molar-refractivity contribution in [2.24, 2.45) is 10.8 Å². The molecule has 2 aromatic rings. The van der Waals surface area contributed by atoms with Gasteiger partial charge in [0.1, 0.15) is 17.0 Å². The predicted octanol–water partition coefficient (Wildman–Crippen LogP) is 2.93. The first-order valence-electron chi connectivity index (χ1n) is 10.7. The molecule has 6 nitrogen and oxygen atoms in total. The first-order chi connectivity index (χ1) is 14.6. The Hall–Kier alpha value is -1.94. The van der Waals surface area contributed by atoms with Crippen LogP contribution in [0.2, 0.25) is 0 Å². The Bertz CT molecular complexity index is 1050. The number of likely N-dealkylation sites (tertiary alicyclic amines) is 2. The summed E-state index contributed by atoms with van der Waals surface area (Å²) in [6.07, 6.45) is -0.247. The van der Waals surface area contributed by atoms with Gasteiger partial charge < -0.3 is 9.80 Å². The summed E-state index contributed by atoms with van der Waals surface area (Å²) in [7, 11) is 2.06. The van der Waals surface area contributed by atoms with E-state index < -0.39 is 12.6 Å². The van der Waals surface area contributed by atoms with Crippen molar-refractivity contribution >= 4 is 33.3 Å². The molecule has 1 atom stereocenters. The number of nitrogens with zero attached hydrogens (tertiary/aromatic N) is 5. The van der Waals surface area contributed by atoms with E-state index in [1.54, 1.807) is 6.07 Å². The van der Waals surface area contributed by atoms with Crippen LogP contribution in [-0.2, 0) is 11.2 Å². The van der Waals surface area contributed by atoms with E-state index in [1.165, 1.54) is 19.2 Å². The molecule has 4 aliphatic rings. The lowest BCUT2D eigenvalue weighted by Gasteiger charge is -2.61. The van der Waals surface area contributed by atoms with Crippen molar-refractivity contribution in [3.05, 3.63) is 17.3 Å². The molecule has 31 heavy (non-hydrogen) atoms. The number of alkyl halides is 3. The average Bonchev–Trinajstić information content (AvgIpc) is 3.10. The molecule has 0 aromatic carbocycles. The molecular formula is C21H24F3N5OS. The molecule has 0 radical (unpaired) electrons. The Morgan fingerprint density at radius 3 is 2.55 bits per heavy atom.